The number of hydroxylamine groups is 1. The van der Waals surface area contributed by atoms with Gasteiger partial charge in [0.1, 0.15) is 29.4 Å². The third-order valence-corrected chi connectivity index (χ3v) is 5.10. The van der Waals surface area contributed by atoms with Crippen molar-refractivity contribution < 1.29 is 19.1 Å². The quantitative estimate of drug-likeness (QED) is 0.516. The highest BCUT2D eigenvalue weighted by atomic mass is 16.7. The summed E-state index contributed by atoms with van der Waals surface area (Å²) >= 11 is 0. The van der Waals surface area contributed by atoms with E-state index in [1.165, 1.54) is 0 Å². The first kappa shape index (κ1) is 22.2. The summed E-state index contributed by atoms with van der Waals surface area (Å²) in [7, 11) is 1.82. The smallest absolute Gasteiger partial charge is 0.284 e. The van der Waals surface area contributed by atoms with Crippen LogP contribution >= 0.6 is 0 Å². The van der Waals surface area contributed by atoms with Crippen molar-refractivity contribution in [3.63, 3.8) is 0 Å². The molecule has 0 aliphatic carbocycles. The van der Waals surface area contributed by atoms with Crippen LogP contribution in [-0.4, -0.2) is 44.7 Å². The minimum absolute atomic E-state index is 0.0149. The van der Waals surface area contributed by atoms with Crippen LogP contribution in [0, 0.1) is 11.3 Å². The third-order valence-electron chi connectivity index (χ3n) is 5.10. The number of ether oxygens (including phenoxy) is 2. The largest absolute Gasteiger partial charge is 0.471 e. The first-order chi connectivity index (χ1) is 16.0. The third kappa shape index (κ3) is 4.92. The molecule has 1 saturated heterocycles. The number of hydrogen-bond donors (Lipinski definition) is 2. The molecule has 1 fully saturated rings. The van der Waals surface area contributed by atoms with Crippen LogP contribution in [0.4, 0.5) is 5.82 Å². The molecule has 0 radical (unpaired) electrons. The molecule has 0 bridgehead atoms. The Hall–Kier alpha value is -4.01. The second kappa shape index (κ2) is 9.64. The molecule has 0 spiro atoms. The number of benzene rings is 1. The van der Waals surface area contributed by atoms with Gasteiger partial charge in [-0.2, -0.15) is 10.2 Å². The number of nitriles is 1. The summed E-state index contributed by atoms with van der Waals surface area (Å²) < 4.78 is 13.1. The monoisotopic (exact) mass is 449 g/mol. The molecule has 3 aromatic rings. The zero-order valence-corrected chi connectivity index (χ0v) is 18.2. The van der Waals surface area contributed by atoms with Crippen molar-refractivity contribution in [3.05, 3.63) is 53.6 Å². The van der Waals surface area contributed by atoms with Crippen LogP contribution in [0.1, 0.15) is 41.2 Å². The maximum absolute atomic E-state index is 13.0. The van der Waals surface area contributed by atoms with Crippen molar-refractivity contribution in [3.8, 4) is 23.3 Å². The van der Waals surface area contributed by atoms with Gasteiger partial charge in [0.15, 0.2) is 5.82 Å². The van der Waals surface area contributed by atoms with E-state index in [-0.39, 0.29) is 29.2 Å². The second-order valence-electron chi connectivity index (χ2n) is 7.50. The van der Waals surface area contributed by atoms with E-state index in [1.807, 2.05) is 7.05 Å². The van der Waals surface area contributed by atoms with Crippen molar-refractivity contribution in [1.82, 2.24) is 25.0 Å². The number of nitrogens with two attached hydrogens (primary N) is 1. The first-order valence-corrected chi connectivity index (χ1v) is 10.3. The normalized spacial score (nSPS) is 16.2. The molecular formula is C22H23N7O4. The maximum Gasteiger partial charge on any atom is 0.284 e. The fourth-order valence-corrected chi connectivity index (χ4v) is 3.39. The van der Waals surface area contributed by atoms with Gasteiger partial charge in [-0.3, -0.25) is 9.63 Å². The molecule has 11 nitrogen and oxygen atoms in total. The van der Waals surface area contributed by atoms with E-state index in [0.29, 0.717) is 36.6 Å². The fraction of sp³-hybridized carbons (Fsp3) is 0.318. The van der Waals surface area contributed by atoms with Crippen molar-refractivity contribution in [2.75, 3.05) is 18.9 Å². The van der Waals surface area contributed by atoms with Crippen LogP contribution in [0.15, 0.2) is 36.7 Å². The number of aromatic nitrogens is 4. The van der Waals surface area contributed by atoms with Gasteiger partial charge in [0.25, 0.3) is 5.91 Å². The molecule has 0 saturated carbocycles. The summed E-state index contributed by atoms with van der Waals surface area (Å²) in [5.41, 5.74) is 9.53. The number of carbonyl (C=O) groups is 1. The van der Waals surface area contributed by atoms with Crippen molar-refractivity contribution in [2.24, 2.45) is 7.05 Å². The number of rotatable bonds is 7. The molecule has 11 heteroatoms. The summed E-state index contributed by atoms with van der Waals surface area (Å²) in [5.74, 6) is 0.145. The van der Waals surface area contributed by atoms with E-state index < -0.39 is 12.0 Å². The Labute approximate surface area is 190 Å². The van der Waals surface area contributed by atoms with Crippen LogP contribution in [0.25, 0.3) is 11.4 Å². The fourth-order valence-electron chi connectivity index (χ4n) is 3.39. The van der Waals surface area contributed by atoms with Crippen molar-refractivity contribution in [2.45, 2.75) is 25.6 Å². The molecule has 3 N–H and O–H groups in total. The topological polar surface area (TPSA) is 150 Å². The van der Waals surface area contributed by atoms with E-state index in [1.54, 1.807) is 48.1 Å². The van der Waals surface area contributed by atoms with Crippen LogP contribution in [0.5, 0.6) is 5.88 Å². The minimum atomic E-state index is -0.653. The molecule has 2 atom stereocenters. The number of aryl methyl sites for hydroxylation is 1. The lowest BCUT2D eigenvalue weighted by molar-refractivity contribution is -0.0138. The van der Waals surface area contributed by atoms with Gasteiger partial charge >= 0.3 is 0 Å². The molecular weight excluding hydrogens is 426 g/mol. The van der Waals surface area contributed by atoms with Gasteiger partial charge in [0.2, 0.25) is 5.88 Å². The molecule has 1 aliphatic heterocycles. The molecule has 0 unspecified atom stereocenters. The maximum atomic E-state index is 13.0. The van der Waals surface area contributed by atoms with E-state index >= 15 is 0 Å². The Kier molecular flexibility index (Phi) is 6.48. The van der Waals surface area contributed by atoms with Gasteiger partial charge in [-0.1, -0.05) is 12.1 Å². The molecule has 1 amide bonds. The van der Waals surface area contributed by atoms with Gasteiger partial charge in [0, 0.05) is 31.4 Å². The highest BCUT2D eigenvalue weighted by Gasteiger charge is 2.27. The average Bonchev–Trinajstić information content (AvgIpc) is 3.48. The van der Waals surface area contributed by atoms with E-state index in [9.17, 15) is 10.1 Å². The number of nitrogens with one attached hydrogen (secondary N) is 1. The zero-order chi connectivity index (χ0) is 23.4. The van der Waals surface area contributed by atoms with Crippen LogP contribution in [0.2, 0.25) is 0 Å². The second-order valence-corrected chi connectivity index (χ2v) is 7.50. The minimum Gasteiger partial charge on any atom is -0.471 e. The van der Waals surface area contributed by atoms with Gasteiger partial charge in [0.05, 0.1) is 24.8 Å². The van der Waals surface area contributed by atoms with E-state index in [4.69, 9.17) is 20.0 Å². The van der Waals surface area contributed by atoms with Gasteiger partial charge < -0.3 is 19.8 Å². The van der Waals surface area contributed by atoms with Crippen molar-refractivity contribution in [1.29, 1.82) is 5.26 Å². The van der Waals surface area contributed by atoms with Gasteiger partial charge in [-0.25, -0.2) is 15.4 Å². The van der Waals surface area contributed by atoms with E-state index in [0.717, 1.165) is 0 Å². The summed E-state index contributed by atoms with van der Waals surface area (Å²) in [6.45, 7) is 2.67. The number of nitrogens with zero attached hydrogens (tertiary/aromatic N) is 5. The lowest BCUT2D eigenvalue weighted by atomic mass is 10.1. The van der Waals surface area contributed by atoms with Crippen LogP contribution < -0.4 is 16.0 Å². The Balaban J connectivity index is 1.63. The number of amides is 1. The SMILES string of the molecule is C[C@@H](ONC(=O)c1c(N)nc(-c2cccc(C#N)c2)nc1O[C@H]1CCOC1)c1nccn1C. The standard InChI is InChI=1S/C22H23N7O4/c1-13(20-25-7-8-29(20)2)33-28-21(30)17-18(24)26-19(15-5-3-4-14(10-15)11-23)27-22(17)32-16-6-9-31-12-16/h3-5,7-8,10,13,16H,6,9,12H2,1-2H3,(H,28,30)(H2,24,26,27)/t13-,16+/m1/s1. The number of anilines is 1. The zero-order valence-electron chi connectivity index (χ0n) is 18.2. The highest BCUT2D eigenvalue weighted by molar-refractivity contribution is 6.00. The lowest BCUT2D eigenvalue weighted by Gasteiger charge is -2.18. The predicted molar refractivity (Wildman–Crippen MR) is 117 cm³/mol. The Morgan fingerprint density at radius 1 is 1.42 bits per heavy atom. The number of imidazole rings is 1. The number of nitrogen functional groups attached to an aromatic ring is 1. The number of carbonyl (C=O) groups excluding carboxylic acids is 1. The van der Waals surface area contributed by atoms with Gasteiger partial charge in [-0.05, 0) is 19.1 Å². The summed E-state index contributed by atoms with van der Waals surface area (Å²) in [6.07, 6.45) is 3.27. The molecule has 1 aromatic carbocycles. The molecule has 1 aliphatic rings. The summed E-state index contributed by atoms with van der Waals surface area (Å²) in [4.78, 5) is 31.4. The van der Waals surface area contributed by atoms with E-state index in [2.05, 4.69) is 26.5 Å². The van der Waals surface area contributed by atoms with Crippen LogP contribution in [0.3, 0.4) is 0 Å². The van der Waals surface area contributed by atoms with Gasteiger partial charge in [-0.15, -0.1) is 0 Å². The van der Waals surface area contributed by atoms with Crippen LogP contribution in [-0.2, 0) is 16.6 Å². The predicted octanol–water partition coefficient (Wildman–Crippen LogP) is 1.92. The summed E-state index contributed by atoms with van der Waals surface area (Å²) in [6, 6.07) is 8.84. The molecule has 3 heterocycles. The molecule has 2 aromatic heterocycles. The Bertz CT molecular complexity index is 1200. The highest BCUT2D eigenvalue weighted by Crippen LogP contribution is 2.28. The Morgan fingerprint density at radius 3 is 2.97 bits per heavy atom. The Morgan fingerprint density at radius 2 is 2.27 bits per heavy atom. The molecule has 170 valence electrons. The van der Waals surface area contributed by atoms with Crippen molar-refractivity contribution >= 4 is 11.7 Å². The number of hydrogen-bond acceptors (Lipinski definition) is 9. The molecule has 33 heavy (non-hydrogen) atoms. The summed E-state index contributed by atoms with van der Waals surface area (Å²) in [5, 5.41) is 9.19. The lowest BCUT2D eigenvalue weighted by Crippen LogP contribution is -2.29. The average molecular weight is 449 g/mol. The first-order valence-electron chi connectivity index (χ1n) is 10.3. The molecule has 4 rings (SSSR count).